The van der Waals surface area contributed by atoms with Gasteiger partial charge in [0.25, 0.3) is 5.91 Å². The van der Waals surface area contributed by atoms with E-state index in [1.807, 2.05) is 29.2 Å². The number of nitrogens with zero attached hydrogens (tertiary/aromatic N) is 3. The van der Waals surface area contributed by atoms with Gasteiger partial charge >= 0.3 is 0 Å². The SMILES string of the molecule is Cc1ccc2c(c1)c1c3n2CCN(C(=O)c2c(-c4ccccc4Cl)noc2C)[C@@H]3CCC1. The van der Waals surface area contributed by atoms with Crippen molar-refractivity contribution in [1.29, 1.82) is 0 Å². The molecule has 6 rings (SSSR count). The Hall–Kier alpha value is -3.05. The van der Waals surface area contributed by atoms with E-state index < -0.39 is 0 Å². The molecule has 3 heterocycles. The third-order valence-corrected chi connectivity index (χ3v) is 7.32. The summed E-state index contributed by atoms with van der Waals surface area (Å²) in [6, 6.07) is 14.2. The van der Waals surface area contributed by atoms with Crippen LogP contribution in [0.15, 0.2) is 47.0 Å². The molecule has 0 unspecified atom stereocenters. The van der Waals surface area contributed by atoms with Crippen LogP contribution in [0.25, 0.3) is 22.2 Å². The van der Waals surface area contributed by atoms with Crippen molar-refractivity contribution in [2.75, 3.05) is 6.54 Å². The first-order chi connectivity index (χ1) is 15.5. The summed E-state index contributed by atoms with van der Waals surface area (Å²) in [5, 5.41) is 6.13. The lowest BCUT2D eigenvalue weighted by Gasteiger charge is -2.40. The van der Waals surface area contributed by atoms with Gasteiger partial charge in [0.2, 0.25) is 0 Å². The second-order valence-corrected chi connectivity index (χ2v) is 9.29. The molecule has 0 saturated carbocycles. The molecule has 0 saturated heterocycles. The van der Waals surface area contributed by atoms with Crippen LogP contribution < -0.4 is 0 Å². The number of amides is 1. The molecule has 1 atom stereocenters. The minimum atomic E-state index is -0.0239. The fourth-order valence-electron chi connectivity index (χ4n) is 5.57. The maximum atomic E-state index is 13.9. The van der Waals surface area contributed by atoms with Crippen LogP contribution in [0, 0.1) is 13.8 Å². The molecule has 0 fully saturated rings. The van der Waals surface area contributed by atoms with Crippen LogP contribution in [0.2, 0.25) is 5.02 Å². The van der Waals surface area contributed by atoms with Crippen molar-refractivity contribution in [3.63, 3.8) is 0 Å². The topological polar surface area (TPSA) is 51.3 Å². The molecule has 2 aromatic carbocycles. The van der Waals surface area contributed by atoms with Gasteiger partial charge in [-0.25, -0.2) is 0 Å². The highest BCUT2D eigenvalue weighted by atomic mass is 35.5. The summed E-state index contributed by atoms with van der Waals surface area (Å²) in [5.41, 5.74) is 7.05. The zero-order valence-corrected chi connectivity index (χ0v) is 18.9. The smallest absolute Gasteiger partial charge is 0.260 e. The normalized spacial score (nSPS) is 17.6. The van der Waals surface area contributed by atoms with Crippen molar-refractivity contribution in [1.82, 2.24) is 14.6 Å². The number of hydrogen-bond acceptors (Lipinski definition) is 3. The summed E-state index contributed by atoms with van der Waals surface area (Å²) >= 11 is 6.43. The minimum Gasteiger partial charge on any atom is -0.360 e. The number of benzene rings is 2. The Morgan fingerprint density at radius 3 is 2.84 bits per heavy atom. The Bertz CT molecular complexity index is 1380. The molecule has 1 amide bonds. The van der Waals surface area contributed by atoms with Gasteiger partial charge in [-0.2, -0.15) is 0 Å². The summed E-state index contributed by atoms with van der Waals surface area (Å²) in [4.78, 5) is 16.0. The maximum Gasteiger partial charge on any atom is 0.260 e. The van der Waals surface area contributed by atoms with Gasteiger partial charge in [-0.3, -0.25) is 4.79 Å². The first kappa shape index (κ1) is 19.6. The Morgan fingerprint density at radius 2 is 2.00 bits per heavy atom. The van der Waals surface area contributed by atoms with Crippen LogP contribution in [-0.2, 0) is 13.0 Å². The zero-order valence-electron chi connectivity index (χ0n) is 18.2. The summed E-state index contributed by atoms with van der Waals surface area (Å²) in [6.45, 7) is 5.41. The molecule has 4 aromatic rings. The number of aryl methyl sites for hydroxylation is 3. The average Bonchev–Trinajstić information content (AvgIpc) is 3.33. The maximum absolute atomic E-state index is 13.9. The Morgan fingerprint density at radius 1 is 1.16 bits per heavy atom. The number of carbonyl (C=O) groups excluding carboxylic acids is 1. The van der Waals surface area contributed by atoms with Gasteiger partial charge < -0.3 is 14.0 Å². The lowest BCUT2D eigenvalue weighted by Crippen LogP contribution is -2.43. The van der Waals surface area contributed by atoms with Crippen molar-refractivity contribution >= 4 is 28.4 Å². The predicted octanol–water partition coefficient (Wildman–Crippen LogP) is 6.10. The van der Waals surface area contributed by atoms with Gasteiger partial charge in [-0.15, -0.1) is 0 Å². The third kappa shape index (κ3) is 2.77. The van der Waals surface area contributed by atoms with E-state index in [1.165, 1.54) is 27.7 Å². The number of fused-ring (bicyclic) bond motifs is 3. The summed E-state index contributed by atoms with van der Waals surface area (Å²) in [7, 11) is 0. The summed E-state index contributed by atoms with van der Waals surface area (Å²) in [5.74, 6) is 0.506. The molecule has 2 aliphatic rings. The van der Waals surface area contributed by atoms with E-state index in [0.717, 1.165) is 31.4 Å². The molecule has 2 aromatic heterocycles. The lowest BCUT2D eigenvalue weighted by atomic mass is 9.89. The Balaban J connectivity index is 1.46. The van der Waals surface area contributed by atoms with Crippen LogP contribution in [0.1, 0.15) is 51.8 Å². The van der Waals surface area contributed by atoms with Crippen LogP contribution in [0.5, 0.6) is 0 Å². The quantitative estimate of drug-likeness (QED) is 0.374. The highest BCUT2D eigenvalue weighted by molar-refractivity contribution is 6.33. The molecule has 1 aliphatic heterocycles. The third-order valence-electron chi connectivity index (χ3n) is 7.00. The lowest BCUT2D eigenvalue weighted by molar-refractivity contribution is 0.0600. The molecule has 6 heteroatoms. The van der Waals surface area contributed by atoms with Crippen molar-refractivity contribution in [3.8, 4) is 11.3 Å². The standard InChI is InChI=1S/C26H24ClN3O2/c1-15-10-11-21-19(14-15)17-7-5-9-22-25(17)29(21)12-13-30(22)26(31)23-16(2)32-28-24(23)18-6-3-4-8-20(18)27/h3-4,6,8,10-11,14,22H,5,7,9,12-13H2,1-2H3/t22-/m1/s1. The monoisotopic (exact) mass is 445 g/mol. The van der Waals surface area contributed by atoms with E-state index in [-0.39, 0.29) is 11.9 Å². The number of halogens is 1. The molecular weight excluding hydrogens is 422 g/mol. The number of aromatic nitrogens is 2. The fourth-order valence-corrected chi connectivity index (χ4v) is 5.79. The zero-order chi connectivity index (χ0) is 22.0. The second kappa shape index (κ2) is 7.24. The van der Waals surface area contributed by atoms with Crippen LogP contribution in [0.3, 0.4) is 0 Å². The van der Waals surface area contributed by atoms with Gasteiger partial charge in [0, 0.05) is 35.2 Å². The van der Waals surface area contributed by atoms with Crippen molar-refractivity contribution in [2.24, 2.45) is 0 Å². The number of rotatable bonds is 2. The largest absolute Gasteiger partial charge is 0.360 e. The minimum absolute atomic E-state index is 0.0239. The van der Waals surface area contributed by atoms with Crippen LogP contribution >= 0.6 is 11.6 Å². The molecule has 5 nitrogen and oxygen atoms in total. The summed E-state index contributed by atoms with van der Waals surface area (Å²) < 4.78 is 7.93. The van der Waals surface area contributed by atoms with Crippen LogP contribution in [0.4, 0.5) is 0 Å². The molecule has 0 N–H and O–H groups in total. The molecule has 0 radical (unpaired) electrons. The van der Waals surface area contributed by atoms with Gasteiger partial charge in [0.15, 0.2) is 0 Å². The molecule has 162 valence electrons. The fraction of sp³-hybridized carbons (Fsp3) is 0.308. The van der Waals surface area contributed by atoms with E-state index in [0.29, 0.717) is 28.6 Å². The average molecular weight is 446 g/mol. The predicted molar refractivity (Wildman–Crippen MR) is 125 cm³/mol. The Labute approximate surface area is 191 Å². The molecule has 1 aliphatic carbocycles. The molecule has 32 heavy (non-hydrogen) atoms. The Kier molecular flexibility index (Phi) is 4.44. The number of hydrogen-bond donors (Lipinski definition) is 0. The second-order valence-electron chi connectivity index (χ2n) is 8.88. The van der Waals surface area contributed by atoms with E-state index >= 15 is 0 Å². The van der Waals surface area contributed by atoms with Gasteiger partial charge in [0.1, 0.15) is 17.0 Å². The van der Waals surface area contributed by atoms with Crippen molar-refractivity contribution < 1.29 is 9.32 Å². The van der Waals surface area contributed by atoms with E-state index in [4.69, 9.17) is 16.1 Å². The van der Waals surface area contributed by atoms with E-state index in [1.54, 1.807) is 6.92 Å². The van der Waals surface area contributed by atoms with Gasteiger partial charge in [-0.05, 0) is 56.9 Å². The first-order valence-electron chi connectivity index (χ1n) is 11.2. The van der Waals surface area contributed by atoms with Gasteiger partial charge in [0.05, 0.1) is 11.1 Å². The van der Waals surface area contributed by atoms with Gasteiger partial charge in [-0.1, -0.05) is 46.6 Å². The van der Waals surface area contributed by atoms with Crippen LogP contribution in [-0.4, -0.2) is 27.1 Å². The van der Waals surface area contributed by atoms with E-state index in [2.05, 4.69) is 34.8 Å². The molecule has 0 spiro atoms. The summed E-state index contributed by atoms with van der Waals surface area (Å²) in [6.07, 6.45) is 3.12. The van der Waals surface area contributed by atoms with Crippen molar-refractivity contribution in [2.45, 2.75) is 45.7 Å². The molecular formula is C26H24ClN3O2. The first-order valence-corrected chi connectivity index (χ1v) is 11.6. The highest BCUT2D eigenvalue weighted by Crippen LogP contribution is 2.44. The molecule has 0 bridgehead atoms. The van der Waals surface area contributed by atoms with E-state index in [9.17, 15) is 4.79 Å². The number of carbonyl (C=O) groups is 1. The highest BCUT2D eigenvalue weighted by Gasteiger charge is 2.39. The van der Waals surface area contributed by atoms with Crippen molar-refractivity contribution in [3.05, 3.63) is 75.6 Å².